The fraction of sp³-hybridized carbons (Fsp3) is 0.364. The molecule has 28 heavy (non-hydrogen) atoms. The van der Waals surface area contributed by atoms with Crippen molar-refractivity contribution in [1.82, 2.24) is 9.55 Å². The van der Waals surface area contributed by atoms with Gasteiger partial charge in [-0.25, -0.2) is 4.98 Å². The summed E-state index contributed by atoms with van der Waals surface area (Å²) < 4.78 is 1.70. The van der Waals surface area contributed by atoms with Gasteiger partial charge in [-0.1, -0.05) is 36.4 Å². The van der Waals surface area contributed by atoms with Crippen LogP contribution in [0, 0.1) is 0 Å². The summed E-state index contributed by atoms with van der Waals surface area (Å²) in [5, 5.41) is 10.4. The van der Waals surface area contributed by atoms with Gasteiger partial charge in [-0.05, 0) is 36.8 Å². The molecule has 4 rings (SSSR count). The molecule has 1 aromatic carbocycles. The van der Waals surface area contributed by atoms with Crippen LogP contribution in [-0.2, 0) is 25.9 Å². The second kappa shape index (κ2) is 8.29. The Morgan fingerprint density at radius 1 is 1.25 bits per heavy atom. The molecule has 0 unspecified atom stereocenters. The highest BCUT2D eigenvalue weighted by Crippen LogP contribution is 2.34. The van der Waals surface area contributed by atoms with Crippen molar-refractivity contribution >= 4 is 27.5 Å². The Balaban J connectivity index is 1.86. The molecule has 0 saturated carbocycles. The maximum atomic E-state index is 13.4. The Kier molecular flexibility index (Phi) is 5.59. The summed E-state index contributed by atoms with van der Waals surface area (Å²) in [7, 11) is 0. The summed E-state index contributed by atoms with van der Waals surface area (Å²) in [6.07, 6.45) is 6.04. The van der Waals surface area contributed by atoms with E-state index in [0.29, 0.717) is 25.6 Å². The smallest absolute Gasteiger partial charge is 0.264 e. The molecule has 0 atom stereocenters. The molecule has 0 saturated heterocycles. The monoisotopic (exact) mass is 395 g/mol. The van der Waals surface area contributed by atoms with Crippen LogP contribution < -0.4 is 10.5 Å². The number of anilines is 1. The summed E-state index contributed by atoms with van der Waals surface area (Å²) >= 11 is 1.66. The van der Waals surface area contributed by atoms with Crippen molar-refractivity contribution in [2.75, 3.05) is 18.1 Å². The SMILES string of the molecule is C=CCn1c(N(CCO)Cc2ccccc2)nc2sc3c(c2c1=O)CCCC3. The number of benzene rings is 1. The molecule has 0 aliphatic heterocycles. The lowest BCUT2D eigenvalue weighted by atomic mass is 9.97. The quantitative estimate of drug-likeness (QED) is 0.622. The van der Waals surface area contributed by atoms with Crippen LogP contribution in [0.25, 0.3) is 10.2 Å². The summed E-state index contributed by atoms with van der Waals surface area (Å²) in [4.78, 5) is 22.5. The number of fused-ring (bicyclic) bond motifs is 3. The van der Waals surface area contributed by atoms with Crippen molar-refractivity contribution in [3.05, 3.63) is 69.3 Å². The number of hydrogen-bond donors (Lipinski definition) is 1. The standard InChI is InChI=1S/C22H25N3O2S/c1-2-12-25-21(27)19-17-10-6-7-11-18(17)28-20(19)23-22(25)24(13-14-26)15-16-8-4-3-5-9-16/h2-5,8-9,26H,1,6-7,10-15H2. The topological polar surface area (TPSA) is 58.4 Å². The van der Waals surface area contributed by atoms with Crippen molar-refractivity contribution in [3.8, 4) is 0 Å². The number of hydrogen-bond acceptors (Lipinski definition) is 5. The lowest BCUT2D eigenvalue weighted by Gasteiger charge is -2.25. The van der Waals surface area contributed by atoms with Gasteiger partial charge in [-0.15, -0.1) is 17.9 Å². The summed E-state index contributed by atoms with van der Waals surface area (Å²) in [6, 6.07) is 10.1. The normalized spacial score (nSPS) is 13.5. The fourth-order valence-corrected chi connectivity index (χ4v) is 5.18. The summed E-state index contributed by atoms with van der Waals surface area (Å²) in [5.41, 5.74) is 2.32. The first-order valence-electron chi connectivity index (χ1n) is 9.78. The molecule has 0 spiro atoms. The van der Waals surface area contributed by atoms with Crippen LogP contribution in [0.2, 0.25) is 0 Å². The zero-order valence-corrected chi connectivity index (χ0v) is 16.7. The molecule has 0 radical (unpaired) electrons. The number of aromatic nitrogens is 2. The second-order valence-electron chi connectivity index (χ2n) is 7.14. The largest absolute Gasteiger partial charge is 0.395 e. The zero-order chi connectivity index (χ0) is 19.5. The zero-order valence-electron chi connectivity index (χ0n) is 15.9. The van der Waals surface area contributed by atoms with Crippen LogP contribution >= 0.6 is 11.3 Å². The number of allylic oxidation sites excluding steroid dienone is 1. The van der Waals surface area contributed by atoms with Crippen LogP contribution in [-0.4, -0.2) is 27.8 Å². The van der Waals surface area contributed by atoms with Gasteiger partial charge in [0.05, 0.1) is 12.0 Å². The van der Waals surface area contributed by atoms with Crippen LogP contribution in [0.5, 0.6) is 0 Å². The molecule has 2 aromatic heterocycles. The number of thiophene rings is 1. The predicted molar refractivity (Wildman–Crippen MR) is 115 cm³/mol. The average molecular weight is 396 g/mol. The van der Waals surface area contributed by atoms with Gasteiger partial charge in [-0.3, -0.25) is 9.36 Å². The Bertz CT molecular complexity index is 1040. The van der Waals surface area contributed by atoms with E-state index in [1.807, 2.05) is 35.2 Å². The highest BCUT2D eigenvalue weighted by molar-refractivity contribution is 7.18. The molecule has 0 bridgehead atoms. The van der Waals surface area contributed by atoms with Gasteiger partial charge in [0.25, 0.3) is 5.56 Å². The predicted octanol–water partition coefficient (Wildman–Crippen LogP) is 3.52. The number of nitrogens with zero attached hydrogens (tertiary/aromatic N) is 3. The third-order valence-corrected chi connectivity index (χ3v) is 6.42. The van der Waals surface area contributed by atoms with E-state index in [2.05, 4.69) is 6.58 Å². The van der Waals surface area contributed by atoms with Crippen LogP contribution in [0.3, 0.4) is 0 Å². The molecule has 1 aliphatic carbocycles. The van der Waals surface area contributed by atoms with Crippen molar-refractivity contribution in [2.24, 2.45) is 0 Å². The van der Waals surface area contributed by atoms with Crippen LogP contribution in [0.1, 0.15) is 28.8 Å². The van der Waals surface area contributed by atoms with E-state index in [1.165, 1.54) is 16.9 Å². The first-order valence-corrected chi connectivity index (χ1v) is 10.6. The molecule has 0 amide bonds. The molecule has 1 N–H and O–H groups in total. The Morgan fingerprint density at radius 3 is 2.79 bits per heavy atom. The molecule has 0 fully saturated rings. The molecule has 6 heteroatoms. The summed E-state index contributed by atoms with van der Waals surface area (Å²) in [6.45, 7) is 5.22. The van der Waals surface area contributed by atoms with Crippen molar-refractivity contribution in [2.45, 2.75) is 38.8 Å². The molecular formula is C22H25N3O2S. The first kappa shape index (κ1) is 18.9. The van der Waals surface area contributed by atoms with Gasteiger partial charge in [0, 0.05) is 24.5 Å². The number of aliphatic hydroxyl groups is 1. The molecule has 1 aliphatic rings. The highest BCUT2D eigenvalue weighted by atomic mass is 32.1. The highest BCUT2D eigenvalue weighted by Gasteiger charge is 2.23. The number of aliphatic hydroxyl groups excluding tert-OH is 1. The minimum atomic E-state index is -0.00420. The van der Waals surface area contributed by atoms with E-state index in [-0.39, 0.29) is 12.2 Å². The fourth-order valence-electron chi connectivity index (χ4n) is 3.94. The molecule has 3 aromatic rings. The summed E-state index contributed by atoms with van der Waals surface area (Å²) in [5.74, 6) is 0.605. The Hall–Kier alpha value is -2.44. The molecular weight excluding hydrogens is 370 g/mol. The van der Waals surface area contributed by atoms with Gasteiger partial charge in [-0.2, -0.15) is 0 Å². The molecule has 146 valence electrons. The lowest BCUT2D eigenvalue weighted by molar-refractivity contribution is 0.300. The lowest BCUT2D eigenvalue weighted by Crippen LogP contribution is -2.34. The van der Waals surface area contributed by atoms with Gasteiger partial charge < -0.3 is 10.0 Å². The van der Waals surface area contributed by atoms with E-state index in [9.17, 15) is 9.90 Å². The Morgan fingerprint density at radius 2 is 2.04 bits per heavy atom. The maximum Gasteiger partial charge on any atom is 0.264 e. The van der Waals surface area contributed by atoms with E-state index in [4.69, 9.17) is 4.98 Å². The van der Waals surface area contributed by atoms with Gasteiger partial charge in [0.1, 0.15) is 4.83 Å². The van der Waals surface area contributed by atoms with Gasteiger partial charge >= 0.3 is 0 Å². The third kappa shape index (κ3) is 3.50. The van der Waals surface area contributed by atoms with Crippen LogP contribution in [0.4, 0.5) is 5.95 Å². The average Bonchev–Trinajstić information content (AvgIpc) is 3.09. The van der Waals surface area contributed by atoms with Crippen molar-refractivity contribution < 1.29 is 5.11 Å². The minimum absolute atomic E-state index is 0.00420. The van der Waals surface area contributed by atoms with Crippen LogP contribution in [0.15, 0.2) is 47.8 Å². The molecule has 2 heterocycles. The van der Waals surface area contributed by atoms with Crippen molar-refractivity contribution in [1.29, 1.82) is 0 Å². The minimum Gasteiger partial charge on any atom is -0.395 e. The van der Waals surface area contributed by atoms with E-state index < -0.39 is 0 Å². The van der Waals surface area contributed by atoms with Gasteiger partial charge in [0.2, 0.25) is 5.95 Å². The maximum absolute atomic E-state index is 13.4. The Labute approximate surface area is 168 Å². The van der Waals surface area contributed by atoms with E-state index in [1.54, 1.807) is 22.0 Å². The third-order valence-electron chi connectivity index (χ3n) is 5.24. The van der Waals surface area contributed by atoms with Gasteiger partial charge in [0.15, 0.2) is 0 Å². The van der Waals surface area contributed by atoms with E-state index in [0.717, 1.165) is 35.0 Å². The number of aryl methyl sites for hydroxylation is 2. The second-order valence-corrected chi connectivity index (χ2v) is 8.22. The van der Waals surface area contributed by atoms with E-state index >= 15 is 0 Å². The molecule has 5 nitrogen and oxygen atoms in total. The number of rotatable bonds is 7. The van der Waals surface area contributed by atoms with Crippen molar-refractivity contribution in [3.63, 3.8) is 0 Å². The first-order chi connectivity index (χ1) is 13.7.